The van der Waals surface area contributed by atoms with Gasteiger partial charge in [-0.05, 0) is 37.3 Å². The van der Waals surface area contributed by atoms with Gasteiger partial charge in [0, 0.05) is 18.2 Å². The second kappa shape index (κ2) is 5.25. The Hall–Kier alpha value is -0.450. The van der Waals surface area contributed by atoms with Gasteiger partial charge in [-0.3, -0.25) is 0 Å². The fourth-order valence-corrected chi connectivity index (χ4v) is 3.16. The van der Waals surface area contributed by atoms with Gasteiger partial charge < -0.3 is 14.8 Å². The maximum atomic E-state index is 10.3. The number of hydrogen-bond donors (Lipinski definition) is 2. The molecule has 1 aromatic rings. The lowest BCUT2D eigenvalue weighted by Crippen LogP contribution is -2.44. The molecule has 0 amide bonds. The van der Waals surface area contributed by atoms with Crippen molar-refractivity contribution in [3.05, 3.63) is 24.2 Å². The van der Waals surface area contributed by atoms with Gasteiger partial charge in [-0.25, -0.2) is 0 Å². The van der Waals surface area contributed by atoms with Crippen LogP contribution in [0.3, 0.4) is 0 Å². The van der Waals surface area contributed by atoms with Gasteiger partial charge in [-0.15, -0.1) is 0 Å². The molecule has 0 radical (unpaired) electrons. The van der Waals surface area contributed by atoms with Crippen molar-refractivity contribution in [3.8, 4) is 0 Å². The van der Waals surface area contributed by atoms with Gasteiger partial charge in [0.25, 0.3) is 0 Å². The van der Waals surface area contributed by atoms with Gasteiger partial charge in [0.1, 0.15) is 0 Å². The fourth-order valence-electron chi connectivity index (χ4n) is 1.91. The quantitative estimate of drug-likeness (QED) is 0.848. The van der Waals surface area contributed by atoms with Crippen LogP contribution in [0.4, 0.5) is 0 Å². The summed E-state index contributed by atoms with van der Waals surface area (Å²) in [7, 11) is 0. The molecule has 0 bridgehead atoms. The van der Waals surface area contributed by atoms with Gasteiger partial charge in [0.2, 0.25) is 0 Å². The van der Waals surface area contributed by atoms with E-state index in [1.165, 1.54) is 0 Å². The standard InChI is InChI=1S/C12H19NO2S/c1-10(11-2-5-15-8-11)13-9-12(14)3-6-16-7-4-12/h2,5,8,10,13-14H,3-4,6-7,9H2,1H3. The molecule has 0 spiro atoms. The van der Waals surface area contributed by atoms with Crippen LogP contribution < -0.4 is 5.32 Å². The molecule has 0 saturated carbocycles. The molecule has 1 saturated heterocycles. The summed E-state index contributed by atoms with van der Waals surface area (Å²) in [6, 6.07) is 2.19. The second-order valence-electron chi connectivity index (χ2n) is 4.50. The molecule has 1 atom stereocenters. The smallest absolute Gasteiger partial charge is 0.0950 e. The van der Waals surface area contributed by atoms with E-state index in [1.807, 2.05) is 17.8 Å². The average molecular weight is 241 g/mol. The van der Waals surface area contributed by atoms with Gasteiger partial charge in [-0.2, -0.15) is 11.8 Å². The molecule has 1 fully saturated rings. The number of nitrogens with one attached hydrogen (secondary N) is 1. The number of thioether (sulfide) groups is 1. The van der Waals surface area contributed by atoms with E-state index < -0.39 is 5.60 Å². The fraction of sp³-hybridized carbons (Fsp3) is 0.667. The van der Waals surface area contributed by atoms with E-state index in [0.717, 1.165) is 29.9 Å². The van der Waals surface area contributed by atoms with Crippen LogP contribution in [0.25, 0.3) is 0 Å². The molecule has 0 aromatic carbocycles. The van der Waals surface area contributed by atoms with E-state index in [4.69, 9.17) is 4.42 Å². The van der Waals surface area contributed by atoms with E-state index >= 15 is 0 Å². The summed E-state index contributed by atoms with van der Waals surface area (Å²) in [5, 5.41) is 13.7. The van der Waals surface area contributed by atoms with Crippen molar-refractivity contribution in [2.75, 3.05) is 18.1 Å². The van der Waals surface area contributed by atoms with E-state index in [2.05, 4.69) is 12.2 Å². The van der Waals surface area contributed by atoms with Crippen LogP contribution >= 0.6 is 11.8 Å². The van der Waals surface area contributed by atoms with Gasteiger partial charge in [-0.1, -0.05) is 0 Å². The highest BCUT2D eigenvalue weighted by Crippen LogP contribution is 2.27. The lowest BCUT2D eigenvalue weighted by molar-refractivity contribution is 0.0300. The topological polar surface area (TPSA) is 45.4 Å². The van der Waals surface area contributed by atoms with E-state index in [0.29, 0.717) is 6.54 Å². The Kier molecular flexibility index (Phi) is 3.95. The summed E-state index contributed by atoms with van der Waals surface area (Å²) >= 11 is 1.93. The molecule has 1 unspecified atom stereocenters. The molecule has 90 valence electrons. The lowest BCUT2D eigenvalue weighted by Gasteiger charge is -2.33. The third-order valence-electron chi connectivity index (χ3n) is 3.20. The average Bonchev–Trinajstić information content (AvgIpc) is 2.80. The minimum Gasteiger partial charge on any atom is -0.472 e. The summed E-state index contributed by atoms with van der Waals surface area (Å²) in [4.78, 5) is 0. The maximum absolute atomic E-state index is 10.3. The summed E-state index contributed by atoms with van der Waals surface area (Å²) < 4.78 is 5.05. The Morgan fingerprint density at radius 2 is 2.31 bits per heavy atom. The molecule has 2 N–H and O–H groups in total. The number of furan rings is 1. The number of rotatable bonds is 4. The normalized spacial score (nSPS) is 21.9. The Morgan fingerprint density at radius 3 is 2.94 bits per heavy atom. The third-order valence-corrected chi connectivity index (χ3v) is 4.19. The SMILES string of the molecule is CC(NCC1(O)CCSCC1)c1ccoc1. The van der Waals surface area contributed by atoms with Crippen LogP contribution in [-0.2, 0) is 0 Å². The first-order chi connectivity index (χ1) is 7.70. The van der Waals surface area contributed by atoms with E-state index in [-0.39, 0.29) is 6.04 Å². The predicted molar refractivity (Wildman–Crippen MR) is 66.6 cm³/mol. The Morgan fingerprint density at radius 1 is 1.56 bits per heavy atom. The van der Waals surface area contributed by atoms with Crippen LogP contribution in [0.5, 0.6) is 0 Å². The van der Waals surface area contributed by atoms with Crippen molar-refractivity contribution in [1.82, 2.24) is 5.32 Å². The first-order valence-corrected chi connectivity index (χ1v) is 6.91. The van der Waals surface area contributed by atoms with Crippen LogP contribution in [-0.4, -0.2) is 28.8 Å². The Labute approximate surface area is 101 Å². The summed E-state index contributed by atoms with van der Waals surface area (Å²) in [5.41, 5.74) is 0.622. The molecule has 1 aromatic heterocycles. The molecule has 2 rings (SSSR count). The summed E-state index contributed by atoms with van der Waals surface area (Å²) in [6.45, 7) is 2.76. The minimum atomic E-state index is -0.511. The number of aliphatic hydroxyl groups is 1. The third kappa shape index (κ3) is 3.03. The largest absolute Gasteiger partial charge is 0.472 e. The van der Waals surface area contributed by atoms with Crippen LogP contribution in [0, 0.1) is 0 Å². The first-order valence-electron chi connectivity index (χ1n) is 5.75. The van der Waals surface area contributed by atoms with Gasteiger partial charge in [0.15, 0.2) is 0 Å². The molecule has 2 heterocycles. The van der Waals surface area contributed by atoms with Crippen LogP contribution in [0.15, 0.2) is 23.0 Å². The lowest BCUT2D eigenvalue weighted by atomic mass is 9.96. The zero-order valence-electron chi connectivity index (χ0n) is 9.61. The van der Waals surface area contributed by atoms with E-state index in [9.17, 15) is 5.11 Å². The maximum Gasteiger partial charge on any atom is 0.0950 e. The van der Waals surface area contributed by atoms with Crippen LogP contribution in [0.1, 0.15) is 31.4 Å². The predicted octanol–water partition coefficient (Wildman–Crippen LogP) is 2.19. The van der Waals surface area contributed by atoms with Crippen molar-refractivity contribution in [2.24, 2.45) is 0 Å². The molecule has 0 aliphatic carbocycles. The molecular formula is C12H19NO2S. The summed E-state index contributed by atoms with van der Waals surface area (Å²) in [5.74, 6) is 2.14. The molecular weight excluding hydrogens is 222 g/mol. The van der Waals surface area contributed by atoms with Gasteiger partial charge in [0.05, 0.1) is 18.1 Å². The molecule has 4 heteroatoms. The van der Waals surface area contributed by atoms with Crippen LogP contribution in [0.2, 0.25) is 0 Å². The Balaban J connectivity index is 1.82. The second-order valence-corrected chi connectivity index (χ2v) is 5.72. The van der Waals surface area contributed by atoms with E-state index in [1.54, 1.807) is 12.5 Å². The highest BCUT2D eigenvalue weighted by Gasteiger charge is 2.29. The highest BCUT2D eigenvalue weighted by molar-refractivity contribution is 7.99. The zero-order valence-corrected chi connectivity index (χ0v) is 10.4. The van der Waals surface area contributed by atoms with Crippen molar-refractivity contribution < 1.29 is 9.52 Å². The molecule has 3 nitrogen and oxygen atoms in total. The summed E-state index contributed by atoms with van der Waals surface area (Å²) in [6.07, 6.45) is 5.21. The number of hydrogen-bond acceptors (Lipinski definition) is 4. The highest BCUT2D eigenvalue weighted by atomic mass is 32.2. The minimum absolute atomic E-state index is 0.234. The van der Waals surface area contributed by atoms with Gasteiger partial charge >= 0.3 is 0 Å². The first kappa shape index (κ1) is 12.0. The molecule has 1 aliphatic heterocycles. The zero-order chi connectivity index (χ0) is 11.4. The Bertz CT molecular complexity index is 307. The van der Waals surface area contributed by atoms with Crippen molar-refractivity contribution >= 4 is 11.8 Å². The van der Waals surface area contributed by atoms with Crippen molar-refractivity contribution in [2.45, 2.75) is 31.4 Å². The molecule has 16 heavy (non-hydrogen) atoms. The molecule has 1 aliphatic rings. The van der Waals surface area contributed by atoms with Crippen molar-refractivity contribution in [1.29, 1.82) is 0 Å². The van der Waals surface area contributed by atoms with Crippen molar-refractivity contribution in [3.63, 3.8) is 0 Å². The monoisotopic (exact) mass is 241 g/mol.